The van der Waals surface area contributed by atoms with Crippen LogP contribution in [0.1, 0.15) is 31.4 Å². The van der Waals surface area contributed by atoms with Crippen LogP contribution in [0.3, 0.4) is 0 Å². The maximum absolute atomic E-state index is 12.9. The Kier molecular flexibility index (Phi) is 8.20. The molecule has 32 heavy (non-hydrogen) atoms. The van der Waals surface area contributed by atoms with Crippen molar-refractivity contribution < 1.29 is 14.3 Å². The van der Waals surface area contributed by atoms with Crippen LogP contribution < -0.4 is 5.32 Å². The van der Waals surface area contributed by atoms with E-state index in [0.717, 1.165) is 33.1 Å². The van der Waals surface area contributed by atoms with E-state index >= 15 is 0 Å². The van der Waals surface area contributed by atoms with E-state index in [9.17, 15) is 14.9 Å². The number of carbonyl (C=O) groups excluding carboxylic acids is 2. The topological polar surface area (TPSA) is 79.2 Å². The number of benzene rings is 2. The fourth-order valence-corrected chi connectivity index (χ4v) is 5.15. The maximum atomic E-state index is 12.9. The number of nitrogens with one attached hydrogen (secondary N) is 1. The lowest BCUT2D eigenvalue weighted by molar-refractivity contribution is -0.139. The minimum atomic E-state index is -0.512. The van der Waals surface area contributed by atoms with Gasteiger partial charge in [-0.05, 0) is 48.4 Å². The molecule has 1 N–H and O–H groups in total. The van der Waals surface area contributed by atoms with Crippen molar-refractivity contribution in [2.45, 2.75) is 35.0 Å². The fraction of sp³-hybridized carbons (Fsp3) is 0.240. The van der Waals surface area contributed by atoms with Gasteiger partial charge in [0.05, 0.1) is 6.54 Å². The van der Waals surface area contributed by atoms with Crippen molar-refractivity contribution >= 4 is 41.0 Å². The molecule has 1 heterocycles. The smallest absolute Gasteiger partial charge is 0.333 e. The number of hydrogen-bond acceptors (Lipinski definition) is 6. The Morgan fingerprint density at radius 3 is 2.66 bits per heavy atom. The van der Waals surface area contributed by atoms with Crippen molar-refractivity contribution in [2.24, 2.45) is 0 Å². The first kappa shape index (κ1) is 23.7. The predicted octanol–water partition coefficient (Wildman–Crippen LogP) is 5.21. The van der Waals surface area contributed by atoms with Crippen molar-refractivity contribution in [3.63, 3.8) is 0 Å². The zero-order valence-corrected chi connectivity index (χ0v) is 19.7. The molecule has 0 saturated heterocycles. The molecule has 2 aromatic rings. The Bertz CT molecular complexity index is 1130. The molecule has 0 fully saturated rings. The number of fused-ring (bicyclic) bond motifs is 2. The van der Waals surface area contributed by atoms with Crippen molar-refractivity contribution in [2.75, 3.05) is 18.9 Å². The minimum Gasteiger partial charge on any atom is -0.460 e. The van der Waals surface area contributed by atoms with Gasteiger partial charge in [0.25, 0.3) is 5.91 Å². The van der Waals surface area contributed by atoms with Gasteiger partial charge in [0.1, 0.15) is 18.2 Å². The second-order valence-electron chi connectivity index (χ2n) is 7.14. The van der Waals surface area contributed by atoms with Gasteiger partial charge in [0, 0.05) is 25.8 Å². The van der Waals surface area contributed by atoms with Gasteiger partial charge in [-0.1, -0.05) is 49.5 Å². The highest BCUT2D eigenvalue weighted by Gasteiger charge is 2.27. The van der Waals surface area contributed by atoms with Gasteiger partial charge in [-0.25, -0.2) is 4.79 Å². The van der Waals surface area contributed by atoms with E-state index in [-0.39, 0.29) is 18.7 Å². The summed E-state index contributed by atoms with van der Waals surface area (Å²) in [4.78, 5) is 27.6. The number of esters is 1. The standard InChI is InChI=1S/C25H24N2O3S2/c1-4-13-31-17-9-10-19-22(14-17)32-21-8-6-5-7-18(21)23(19)20(15-26)24(28)27-11-12-30-25(29)16(2)3/h5-10,14H,2,4,11-13H2,1,3H3,(H,27,28). The van der Waals surface area contributed by atoms with E-state index in [1.807, 2.05) is 36.4 Å². The highest BCUT2D eigenvalue weighted by Crippen LogP contribution is 2.47. The summed E-state index contributed by atoms with van der Waals surface area (Å²) in [6.45, 7) is 7.33. The number of nitrogens with zero attached hydrogens (tertiary/aromatic N) is 1. The molecule has 0 aromatic heterocycles. The highest BCUT2D eigenvalue weighted by molar-refractivity contribution is 8.00. The quantitative estimate of drug-likeness (QED) is 0.162. The number of nitriles is 1. The number of amides is 1. The Morgan fingerprint density at radius 1 is 1.19 bits per heavy atom. The van der Waals surface area contributed by atoms with Gasteiger partial charge in [-0.3, -0.25) is 4.79 Å². The molecule has 2 aromatic carbocycles. The third-order valence-corrected chi connectivity index (χ3v) is 6.96. The minimum absolute atomic E-state index is 0.00646. The molecule has 0 atom stereocenters. The van der Waals surface area contributed by atoms with Crippen molar-refractivity contribution in [1.29, 1.82) is 5.26 Å². The van der Waals surface area contributed by atoms with Gasteiger partial charge in [-0.2, -0.15) is 5.26 Å². The first-order valence-electron chi connectivity index (χ1n) is 10.3. The molecule has 7 heteroatoms. The van der Waals surface area contributed by atoms with Crippen LogP contribution in [-0.4, -0.2) is 30.8 Å². The first-order chi connectivity index (χ1) is 15.5. The van der Waals surface area contributed by atoms with Crippen LogP contribution >= 0.6 is 23.5 Å². The molecule has 0 bridgehead atoms. The Hall–Kier alpha value is -2.95. The molecule has 0 unspecified atom stereocenters. The zero-order valence-electron chi connectivity index (χ0n) is 18.1. The van der Waals surface area contributed by atoms with Crippen LogP contribution in [0.4, 0.5) is 0 Å². The molecule has 1 aliphatic rings. The summed E-state index contributed by atoms with van der Waals surface area (Å²) in [5.74, 6) is 0.0258. The summed E-state index contributed by atoms with van der Waals surface area (Å²) in [5.41, 5.74) is 2.69. The Labute approximate surface area is 196 Å². The average Bonchev–Trinajstić information content (AvgIpc) is 2.80. The number of carbonyl (C=O) groups is 2. The third kappa shape index (κ3) is 5.45. The number of ether oxygens (including phenoxy) is 1. The lowest BCUT2D eigenvalue weighted by Crippen LogP contribution is -2.29. The van der Waals surface area contributed by atoms with E-state index in [2.05, 4.69) is 31.0 Å². The van der Waals surface area contributed by atoms with E-state index in [0.29, 0.717) is 11.1 Å². The van der Waals surface area contributed by atoms with Crippen molar-refractivity contribution in [3.8, 4) is 6.07 Å². The van der Waals surface area contributed by atoms with E-state index in [1.165, 1.54) is 4.90 Å². The zero-order chi connectivity index (χ0) is 23.1. The lowest BCUT2D eigenvalue weighted by atomic mass is 9.92. The number of rotatable bonds is 8. The molecule has 1 amide bonds. The van der Waals surface area contributed by atoms with Crippen LogP contribution in [0.25, 0.3) is 5.57 Å². The third-order valence-electron chi connectivity index (χ3n) is 4.63. The second kappa shape index (κ2) is 11.1. The number of thioether (sulfide) groups is 1. The van der Waals surface area contributed by atoms with Gasteiger partial charge in [-0.15, -0.1) is 11.8 Å². The molecule has 0 aliphatic carbocycles. The van der Waals surface area contributed by atoms with E-state index in [4.69, 9.17) is 4.74 Å². The number of hydrogen-bond donors (Lipinski definition) is 1. The summed E-state index contributed by atoms with van der Waals surface area (Å²) in [6, 6.07) is 16.0. The Morgan fingerprint density at radius 2 is 1.94 bits per heavy atom. The normalized spacial score (nSPS) is 13.3. The monoisotopic (exact) mass is 464 g/mol. The van der Waals surface area contributed by atoms with Crippen LogP contribution in [-0.2, 0) is 14.3 Å². The van der Waals surface area contributed by atoms with Crippen molar-refractivity contribution in [3.05, 3.63) is 71.3 Å². The molecule has 0 saturated carbocycles. The summed E-state index contributed by atoms with van der Waals surface area (Å²) in [6.07, 6.45) is 1.09. The summed E-state index contributed by atoms with van der Waals surface area (Å²) < 4.78 is 5.01. The molecule has 164 valence electrons. The molecule has 5 nitrogen and oxygen atoms in total. The van der Waals surface area contributed by atoms with E-state index < -0.39 is 11.9 Å². The molecule has 3 rings (SSSR count). The summed E-state index contributed by atoms with van der Waals surface area (Å²) >= 11 is 3.44. The van der Waals surface area contributed by atoms with Crippen LogP contribution in [0.2, 0.25) is 0 Å². The van der Waals surface area contributed by atoms with E-state index in [1.54, 1.807) is 30.4 Å². The lowest BCUT2D eigenvalue weighted by Gasteiger charge is -2.23. The Balaban J connectivity index is 1.93. The molecule has 0 radical (unpaired) electrons. The van der Waals surface area contributed by atoms with Crippen molar-refractivity contribution in [1.82, 2.24) is 5.32 Å². The average molecular weight is 465 g/mol. The van der Waals surface area contributed by atoms with Gasteiger partial charge < -0.3 is 10.1 Å². The fourth-order valence-electron chi connectivity index (χ4n) is 3.14. The molecule has 1 aliphatic heterocycles. The van der Waals surface area contributed by atoms with Crippen LogP contribution in [0.5, 0.6) is 0 Å². The van der Waals surface area contributed by atoms with Gasteiger partial charge in [0.2, 0.25) is 0 Å². The molecular formula is C25H24N2O3S2. The second-order valence-corrected chi connectivity index (χ2v) is 9.39. The van der Waals surface area contributed by atoms with Crippen LogP contribution in [0.15, 0.2) is 74.9 Å². The maximum Gasteiger partial charge on any atom is 0.333 e. The SMILES string of the molecule is C=C(C)C(=O)OCCNC(=O)C(C#N)=C1c2ccccc2Sc2cc(SCCC)ccc21. The van der Waals surface area contributed by atoms with Crippen LogP contribution in [0, 0.1) is 11.3 Å². The molecule has 0 spiro atoms. The van der Waals surface area contributed by atoms with Gasteiger partial charge in [0.15, 0.2) is 0 Å². The summed E-state index contributed by atoms with van der Waals surface area (Å²) in [5, 5.41) is 12.6. The highest BCUT2D eigenvalue weighted by atomic mass is 32.2. The summed E-state index contributed by atoms with van der Waals surface area (Å²) in [7, 11) is 0. The predicted molar refractivity (Wildman–Crippen MR) is 128 cm³/mol. The van der Waals surface area contributed by atoms with Gasteiger partial charge >= 0.3 is 5.97 Å². The first-order valence-corrected chi connectivity index (χ1v) is 12.1. The largest absolute Gasteiger partial charge is 0.460 e. The molecular weight excluding hydrogens is 440 g/mol.